The number of halogens is 10. The molecular weight excluding hydrogens is 375 g/mol. The van der Waals surface area contributed by atoms with E-state index in [1.54, 1.807) is 0 Å². The van der Waals surface area contributed by atoms with Crippen LogP contribution < -0.4 is 4.74 Å². The van der Waals surface area contributed by atoms with E-state index >= 15 is 0 Å². The molecule has 11 heteroatoms. The summed E-state index contributed by atoms with van der Waals surface area (Å²) >= 11 is 2.23. The minimum absolute atomic E-state index is 0.148. The summed E-state index contributed by atoms with van der Waals surface area (Å²) in [5, 5.41) is 0. The predicted octanol–water partition coefficient (Wildman–Crippen LogP) is 5.39. The minimum atomic E-state index is -5.69. The Morgan fingerprint density at radius 1 is 0.750 bits per heavy atom. The topological polar surface area (TPSA) is 9.23 Å². The number of hydrogen-bond acceptors (Lipinski definition) is 1. The summed E-state index contributed by atoms with van der Waals surface area (Å²) in [7, 11) is 0. The summed E-state index contributed by atoms with van der Waals surface area (Å²) in [6.07, 6.45) is -16.8. The molecule has 0 radical (unpaired) electrons. The van der Waals surface area contributed by atoms with Gasteiger partial charge in [-0.25, -0.2) is 0 Å². The van der Waals surface area contributed by atoms with E-state index in [1.807, 2.05) is 0 Å². The summed E-state index contributed by atoms with van der Waals surface area (Å²) < 4.78 is 113. The van der Waals surface area contributed by atoms with Gasteiger partial charge in [-0.3, -0.25) is 0 Å². The van der Waals surface area contributed by atoms with Crippen LogP contribution in [0.2, 0.25) is 0 Å². The van der Waals surface area contributed by atoms with E-state index in [9.17, 15) is 39.5 Å². The van der Waals surface area contributed by atoms with Crippen LogP contribution in [0.25, 0.3) is 0 Å². The van der Waals surface area contributed by atoms with E-state index in [-0.39, 0.29) is 6.07 Å². The maximum absolute atomic E-state index is 12.6. The second-order valence-electron chi connectivity index (χ2n) is 3.34. The molecule has 1 aromatic rings. The quantitative estimate of drug-likeness (QED) is 0.597. The molecule has 0 saturated carbocycles. The van der Waals surface area contributed by atoms with Gasteiger partial charge in [-0.1, -0.05) is 15.9 Å². The molecule has 0 bridgehead atoms. The molecule has 1 rings (SSSR count). The molecule has 0 aliphatic heterocycles. The second-order valence-corrected chi connectivity index (χ2v) is 4.19. The van der Waals surface area contributed by atoms with Gasteiger partial charge < -0.3 is 4.74 Å². The first-order valence-electron chi connectivity index (χ1n) is 4.46. The molecule has 0 fully saturated rings. The third-order valence-electron chi connectivity index (χ3n) is 1.91. The van der Waals surface area contributed by atoms with Crippen molar-refractivity contribution in [3.05, 3.63) is 27.7 Å². The Bertz CT molecular complexity index is 500. The van der Waals surface area contributed by atoms with Gasteiger partial charge in [0.2, 0.25) is 0 Å². The second kappa shape index (κ2) is 5.01. The number of hydrogen-bond donors (Lipinski definition) is 0. The SMILES string of the molecule is FC(F)(F)Oc1ccc(Br)c(C(F)(F)F)c1C(F)(F)F. The maximum Gasteiger partial charge on any atom is 0.573 e. The fourth-order valence-electron chi connectivity index (χ4n) is 1.33. The average molecular weight is 377 g/mol. The van der Waals surface area contributed by atoms with E-state index in [2.05, 4.69) is 20.7 Å². The molecule has 0 aliphatic rings. The number of rotatable bonds is 1. The van der Waals surface area contributed by atoms with E-state index in [0.717, 1.165) is 0 Å². The summed E-state index contributed by atoms with van der Waals surface area (Å²) in [6, 6.07) is 0.536. The molecule has 114 valence electrons. The zero-order chi connectivity index (χ0) is 15.9. The lowest BCUT2D eigenvalue weighted by atomic mass is 10.1. The lowest BCUT2D eigenvalue weighted by Gasteiger charge is -2.21. The highest BCUT2D eigenvalue weighted by Gasteiger charge is 2.48. The summed E-state index contributed by atoms with van der Waals surface area (Å²) in [5.41, 5.74) is -4.83. The zero-order valence-electron chi connectivity index (χ0n) is 8.84. The van der Waals surface area contributed by atoms with Crippen LogP contribution in [0, 0.1) is 0 Å². The molecule has 0 atom stereocenters. The first kappa shape index (κ1) is 16.9. The van der Waals surface area contributed by atoms with Crippen LogP contribution in [-0.4, -0.2) is 6.36 Å². The molecule has 0 unspecified atom stereocenters. The van der Waals surface area contributed by atoms with Gasteiger partial charge in [0.25, 0.3) is 0 Å². The van der Waals surface area contributed by atoms with Gasteiger partial charge in [0.1, 0.15) is 11.3 Å². The van der Waals surface area contributed by atoms with E-state index < -0.39 is 40.1 Å². The molecule has 0 N–H and O–H groups in total. The summed E-state index contributed by atoms with van der Waals surface area (Å²) in [6.45, 7) is 0. The van der Waals surface area contributed by atoms with Gasteiger partial charge in [0.05, 0.1) is 5.56 Å². The van der Waals surface area contributed by atoms with Crippen molar-refractivity contribution < 1.29 is 44.3 Å². The third-order valence-corrected chi connectivity index (χ3v) is 2.57. The normalized spacial score (nSPS) is 13.5. The summed E-state index contributed by atoms with van der Waals surface area (Å²) in [4.78, 5) is 0. The molecule has 0 saturated heterocycles. The van der Waals surface area contributed by atoms with Gasteiger partial charge in [0.15, 0.2) is 0 Å². The van der Waals surface area contributed by atoms with Crippen LogP contribution in [0.3, 0.4) is 0 Å². The Kier molecular flexibility index (Phi) is 4.24. The van der Waals surface area contributed by atoms with Crippen molar-refractivity contribution in [1.82, 2.24) is 0 Å². The first-order chi connectivity index (χ1) is 8.73. The highest BCUT2D eigenvalue weighted by Crippen LogP contribution is 2.48. The zero-order valence-corrected chi connectivity index (χ0v) is 10.4. The average Bonchev–Trinajstić information content (AvgIpc) is 2.14. The van der Waals surface area contributed by atoms with E-state index in [1.165, 1.54) is 0 Å². The fraction of sp³-hybridized carbons (Fsp3) is 0.333. The number of ether oxygens (including phenoxy) is 1. The molecule has 1 aromatic carbocycles. The van der Waals surface area contributed by atoms with Crippen molar-refractivity contribution in [2.45, 2.75) is 18.7 Å². The van der Waals surface area contributed by atoms with Crippen molar-refractivity contribution >= 4 is 15.9 Å². The molecule has 0 heterocycles. The molecule has 0 aliphatic carbocycles. The van der Waals surface area contributed by atoms with Gasteiger partial charge in [-0.15, -0.1) is 13.2 Å². The monoisotopic (exact) mass is 376 g/mol. The highest BCUT2D eigenvalue weighted by atomic mass is 79.9. The van der Waals surface area contributed by atoms with E-state index in [4.69, 9.17) is 0 Å². The minimum Gasteiger partial charge on any atom is -0.405 e. The van der Waals surface area contributed by atoms with Gasteiger partial charge in [-0.05, 0) is 12.1 Å². The lowest BCUT2D eigenvalue weighted by Crippen LogP contribution is -2.23. The molecule has 20 heavy (non-hydrogen) atoms. The van der Waals surface area contributed by atoms with Crippen molar-refractivity contribution in [3.63, 3.8) is 0 Å². The van der Waals surface area contributed by atoms with Crippen LogP contribution >= 0.6 is 15.9 Å². The van der Waals surface area contributed by atoms with Gasteiger partial charge in [-0.2, -0.15) is 26.3 Å². The summed E-state index contributed by atoms with van der Waals surface area (Å²) in [5.74, 6) is -1.97. The Morgan fingerprint density at radius 2 is 1.20 bits per heavy atom. The van der Waals surface area contributed by atoms with Crippen molar-refractivity contribution in [2.75, 3.05) is 0 Å². The Labute approximate surface area is 113 Å². The molecule has 0 aromatic heterocycles. The largest absolute Gasteiger partial charge is 0.573 e. The van der Waals surface area contributed by atoms with Crippen molar-refractivity contribution in [1.29, 1.82) is 0 Å². The lowest BCUT2D eigenvalue weighted by molar-refractivity contribution is -0.276. The van der Waals surface area contributed by atoms with Crippen LogP contribution in [0.1, 0.15) is 11.1 Å². The first-order valence-corrected chi connectivity index (χ1v) is 5.25. The highest BCUT2D eigenvalue weighted by molar-refractivity contribution is 9.10. The third kappa shape index (κ3) is 3.93. The number of benzene rings is 1. The Morgan fingerprint density at radius 3 is 1.55 bits per heavy atom. The Hall–Kier alpha value is -1.13. The smallest absolute Gasteiger partial charge is 0.405 e. The predicted molar refractivity (Wildman–Crippen MR) is 50.8 cm³/mol. The molecular formula is C9H2BrF9O. The van der Waals surface area contributed by atoms with Crippen LogP contribution in [0.15, 0.2) is 16.6 Å². The van der Waals surface area contributed by atoms with Crippen molar-refractivity contribution in [2.24, 2.45) is 0 Å². The Balaban J connectivity index is 3.64. The number of alkyl halides is 9. The van der Waals surface area contributed by atoms with Crippen LogP contribution in [0.5, 0.6) is 5.75 Å². The van der Waals surface area contributed by atoms with Crippen LogP contribution in [-0.2, 0) is 12.4 Å². The molecule has 1 nitrogen and oxygen atoms in total. The molecule has 0 spiro atoms. The fourth-order valence-corrected chi connectivity index (χ4v) is 1.88. The van der Waals surface area contributed by atoms with Crippen LogP contribution in [0.4, 0.5) is 39.5 Å². The standard InChI is InChI=1S/C9H2BrF9O/c10-3-1-2-4(20-9(17,18)19)6(8(14,15)16)5(3)7(11,12)13/h1-2H. The van der Waals surface area contributed by atoms with Crippen molar-refractivity contribution in [3.8, 4) is 5.75 Å². The molecule has 0 amide bonds. The van der Waals surface area contributed by atoms with Gasteiger partial charge in [0, 0.05) is 4.47 Å². The maximum atomic E-state index is 12.6. The van der Waals surface area contributed by atoms with Gasteiger partial charge >= 0.3 is 18.7 Å². The van der Waals surface area contributed by atoms with E-state index in [0.29, 0.717) is 6.07 Å².